The molecule has 3 N–H and O–H groups in total. The highest BCUT2D eigenvalue weighted by atomic mass is 16.5. The van der Waals surface area contributed by atoms with Crippen molar-refractivity contribution in [1.82, 2.24) is 10.2 Å². The number of nitrogens with zero attached hydrogens (tertiary/aromatic N) is 1. The van der Waals surface area contributed by atoms with Gasteiger partial charge in [0.1, 0.15) is 6.04 Å². The van der Waals surface area contributed by atoms with Gasteiger partial charge in [-0.2, -0.15) is 0 Å². The Morgan fingerprint density at radius 3 is 2.94 bits per heavy atom. The standard InChI is InChI=1S/C10H19N3O3/c1-2-16-10(15)8-7-12-4-6-13(8)5-3-9(11)14/h8,12H,2-7H2,1H3,(H2,11,14). The number of esters is 1. The molecule has 6 heteroatoms. The fourth-order valence-corrected chi connectivity index (χ4v) is 1.74. The Labute approximate surface area is 95.1 Å². The van der Waals surface area contributed by atoms with E-state index in [2.05, 4.69) is 5.32 Å². The molecule has 1 fully saturated rings. The molecule has 1 unspecified atom stereocenters. The second kappa shape index (κ2) is 6.44. The quantitative estimate of drug-likeness (QED) is 0.572. The van der Waals surface area contributed by atoms with Crippen LogP contribution in [0.5, 0.6) is 0 Å². The van der Waals surface area contributed by atoms with E-state index in [4.69, 9.17) is 10.5 Å². The summed E-state index contributed by atoms with van der Waals surface area (Å²) < 4.78 is 4.98. The summed E-state index contributed by atoms with van der Waals surface area (Å²) in [6, 6.07) is -0.298. The van der Waals surface area contributed by atoms with Crippen molar-refractivity contribution in [3.63, 3.8) is 0 Å². The van der Waals surface area contributed by atoms with Gasteiger partial charge in [-0.1, -0.05) is 0 Å². The number of nitrogens with one attached hydrogen (secondary N) is 1. The van der Waals surface area contributed by atoms with Gasteiger partial charge in [0.25, 0.3) is 0 Å². The van der Waals surface area contributed by atoms with Crippen LogP contribution in [0.15, 0.2) is 0 Å². The summed E-state index contributed by atoms with van der Waals surface area (Å²) in [7, 11) is 0. The van der Waals surface area contributed by atoms with E-state index < -0.39 is 0 Å². The molecule has 0 spiro atoms. The van der Waals surface area contributed by atoms with Crippen LogP contribution in [-0.2, 0) is 14.3 Å². The maximum absolute atomic E-state index is 11.6. The molecule has 0 saturated carbocycles. The van der Waals surface area contributed by atoms with E-state index in [0.717, 1.165) is 13.1 Å². The number of piperazine rings is 1. The summed E-state index contributed by atoms with van der Waals surface area (Å²) in [5, 5.41) is 3.13. The maximum atomic E-state index is 11.6. The van der Waals surface area contributed by atoms with Gasteiger partial charge in [0, 0.05) is 32.6 Å². The predicted octanol–water partition coefficient (Wildman–Crippen LogP) is -1.30. The van der Waals surface area contributed by atoms with Crippen LogP contribution in [-0.4, -0.2) is 55.6 Å². The van der Waals surface area contributed by atoms with Gasteiger partial charge in [-0.15, -0.1) is 0 Å². The number of amides is 1. The molecule has 0 aromatic heterocycles. The zero-order valence-electron chi connectivity index (χ0n) is 9.57. The average Bonchev–Trinajstić information content (AvgIpc) is 2.27. The van der Waals surface area contributed by atoms with Crippen LogP contribution in [0.4, 0.5) is 0 Å². The summed E-state index contributed by atoms with van der Waals surface area (Å²) >= 11 is 0. The van der Waals surface area contributed by atoms with Crippen molar-refractivity contribution in [1.29, 1.82) is 0 Å². The number of hydrogen-bond acceptors (Lipinski definition) is 5. The molecule has 92 valence electrons. The Hall–Kier alpha value is -1.14. The van der Waals surface area contributed by atoms with Crippen molar-refractivity contribution in [3.8, 4) is 0 Å². The third-order valence-electron chi connectivity index (χ3n) is 2.56. The Morgan fingerprint density at radius 2 is 2.31 bits per heavy atom. The van der Waals surface area contributed by atoms with E-state index in [0.29, 0.717) is 19.7 Å². The largest absolute Gasteiger partial charge is 0.465 e. The van der Waals surface area contributed by atoms with Gasteiger partial charge in [-0.25, -0.2) is 0 Å². The molecule has 1 atom stereocenters. The molecular weight excluding hydrogens is 210 g/mol. The minimum absolute atomic E-state index is 0.237. The van der Waals surface area contributed by atoms with Gasteiger partial charge >= 0.3 is 5.97 Å². The zero-order valence-corrected chi connectivity index (χ0v) is 9.57. The van der Waals surface area contributed by atoms with Crippen LogP contribution in [0.3, 0.4) is 0 Å². The summed E-state index contributed by atoms with van der Waals surface area (Å²) in [4.78, 5) is 24.3. The van der Waals surface area contributed by atoms with Crippen LogP contribution in [0.2, 0.25) is 0 Å². The number of carbonyl (C=O) groups is 2. The van der Waals surface area contributed by atoms with E-state index in [1.807, 2.05) is 4.90 Å². The normalized spacial score (nSPS) is 21.7. The van der Waals surface area contributed by atoms with Crippen molar-refractivity contribution in [3.05, 3.63) is 0 Å². The smallest absolute Gasteiger partial charge is 0.324 e. The lowest BCUT2D eigenvalue weighted by Crippen LogP contribution is -2.55. The lowest BCUT2D eigenvalue weighted by atomic mass is 10.2. The van der Waals surface area contributed by atoms with E-state index >= 15 is 0 Å². The van der Waals surface area contributed by atoms with Gasteiger partial charge in [-0.05, 0) is 6.92 Å². The molecule has 1 heterocycles. The Morgan fingerprint density at radius 1 is 1.56 bits per heavy atom. The predicted molar refractivity (Wildman–Crippen MR) is 58.7 cm³/mol. The molecule has 1 rings (SSSR count). The summed E-state index contributed by atoms with van der Waals surface area (Å²) in [6.07, 6.45) is 0.274. The Bertz CT molecular complexity index is 258. The average molecular weight is 229 g/mol. The van der Waals surface area contributed by atoms with E-state index in [-0.39, 0.29) is 24.3 Å². The minimum Gasteiger partial charge on any atom is -0.465 e. The van der Waals surface area contributed by atoms with Crippen molar-refractivity contribution < 1.29 is 14.3 Å². The molecule has 0 aliphatic carbocycles. The van der Waals surface area contributed by atoms with Gasteiger partial charge < -0.3 is 15.8 Å². The van der Waals surface area contributed by atoms with Crippen molar-refractivity contribution in [2.45, 2.75) is 19.4 Å². The Kier molecular flexibility index (Phi) is 5.21. The highest BCUT2D eigenvalue weighted by Gasteiger charge is 2.29. The van der Waals surface area contributed by atoms with Crippen LogP contribution in [0, 0.1) is 0 Å². The molecule has 0 bridgehead atoms. The molecule has 0 radical (unpaired) electrons. The van der Waals surface area contributed by atoms with Gasteiger partial charge in [-0.3, -0.25) is 14.5 Å². The highest BCUT2D eigenvalue weighted by molar-refractivity contribution is 5.77. The minimum atomic E-state index is -0.346. The SMILES string of the molecule is CCOC(=O)C1CNCCN1CCC(N)=O. The second-order valence-electron chi connectivity index (χ2n) is 3.72. The number of rotatable bonds is 5. The summed E-state index contributed by atoms with van der Waals surface area (Å²) in [6.45, 7) is 4.78. The first kappa shape index (κ1) is 12.9. The van der Waals surface area contributed by atoms with Crippen molar-refractivity contribution in [2.24, 2.45) is 5.73 Å². The topological polar surface area (TPSA) is 84.7 Å². The molecule has 0 aromatic rings. The first-order valence-electron chi connectivity index (χ1n) is 5.55. The maximum Gasteiger partial charge on any atom is 0.324 e. The molecule has 1 aliphatic rings. The van der Waals surface area contributed by atoms with Gasteiger partial charge in [0.2, 0.25) is 5.91 Å². The fourth-order valence-electron chi connectivity index (χ4n) is 1.74. The van der Waals surface area contributed by atoms with Gasteiger partial charge in [0.05, 0.1) is 6.61 Å². The number of carbonyl (C=O) groups excluding carboxylic acids is 2. The molecule has 6 nitrogen and oxygen atoms in total. The first-order chi connectivity index (χ1) is 7.65. The molecular formula is C10H19N3O3. The summed E-state index contributed by atoms with van der Waals surface area (Å²) in [5.41, 5.74) is 5.09. The van der Waals surface area contributed by atoms with Crippen LogP contribution in [0.1, 0.15) is 13.3 Å². The van der Waals surface area contributed by atoms with E-state index in [1.165, 1.54) is 0 Å². The summed E-state index contributed by atoms with van der Waals surface area (Å²) in [5.74, 6) is -0.583. The van der Waals surface area contributed by atoms with E-state index in [9.17, 15) is 9.59 Å². The number of primary amides is 1. The van der Waals surface area contributed by atoms with Gasteiger partial charge in [0.15, 0.2) is 0 Å². The first-order valence-corrected chi connectivity index (χ1v) is 5.55. The Balaban J connectivity index is 2.49. The molecule has 1 aliphatic heterocycles. The van der Waals surface area contributed by atoms with E-state index in [1.54, 1.807) is 6.92 Å². The molecule has 1 amide bonds. The highest BCUT2D eigenvalue weighted by Crippen LogP contribution is 2.06. The zero-order chi connectivity index (χ0) is 12.0. The second-order valence-corrected chi connectivity index (χ2v) is 3.72. The third-order valence-corrected chi connectivity index (χ3v) is 2.56. The monoisotopic (exact) mass is 229 g/mol. The van der Waals surface area contributed by atoms with Crippen LogP contribution < -0.4 is 11.1 Å². The number of nitrogens with two attached hydrogens (primary N) is 1. The fraction of sp³-hybridized carbons (Fsp3) is 0.800. The molecule has 1 saturated heterocycles. The lowest BCUT2D eigenvalue weighted by molar-refractivity contribution is -0.150. The molecule has 0 aromatic carbocycles. The number of hydrogen-bond donors (Lipinski definition) is 2. The number of ether oxygens (including phenoxy) is 1. The van der Waals surface area contributed by atoms with Crippen LogP contribution >= 0.6 is 0 Å². The van der Waals surface area contributed by atoms with Crippen LogP contribution in [0.25, 0.3) is 0 Å². The lowest BCUT2D eigenvalue weighted by Gasteiger charge is -2.34. The molecule has 16 heavy (non-hydrogen) atoms. The van der Waals surface area contributed by atoms with Crippen molar-refractivity contribution >= 4 is 11.9 Å². The van der Waals surface area contributed by atoms with Crippen molar-refractivity contribution in [2.75, 3.05) is 32.8 Å². The third kappa shape index (κ3) is 3.79.